The van der Waals surface area contributed by atoms with Gasteiger partial charge in [0.15, 0.2) is 0 Å². The molecule has 1 saturated carbocycles. The minimum absolute atomic E-state index is 0.148. The van der Waals surface area contributed by atoms with Crippen LogP contribution in [0, 0.1) is 5.82 Å². The molecule has 1 unspecified atom stereocenters. The molecule has 1 amide bonds. The number of hydrogen-bond donors (Lipinski definition) is 0. The summed E-state index contributed by atoms with van der Waals surface area (Å²) < 4.78 is 16.2. The molecule has 0 bridgehead atoms. The third-order valence-corrected chi connectivity index (χ3v) is 5.21. The molecule has 1 aliphatic carbocycles. The van der Waals surface area contributed by atoms with Gasteiger partial charge in [0.05, 0.1) is 5.54 Å². The molecular formula is C19H19FN2O. The lowest BCUT2D eigenvalue weighted by Gasteiger charge is -2.50. The summed E-state index contributed by atoms with van der Waals surface area (Å²) in [7, 11) is 0. The van der Waals surface area contributed by atoms with E-state index >= 15 is 0 Å². The number of carbonyl (C=O) groups excluding carboxylic acids is 1. The van der Waals surface area contributed by atoms with Gasteiger partial charge in [0.1, 0.15) is 5.82 Å². The fourth-order valence-electron chi connectivity index (χ4n) is 4.03. The summed E-state index contributed by atoms with van der Waals surface area (Å²) in [6.07, 6.45) is 8.04. The first-order chi connectivity index (χ1) is 11.1. The van der Waals surface area contributed by atoms with Crippen molar-refractivity contribution in [3.8, 4) is 0 Å². The lowest BCUT2D eigenvalue weighted by Crippen LogP contribution is -2.63. The number of carbonyl (C=O) groups is 1. The Hall–Kier alpha value is -2.36. The molecule has 1 aromatic heterocycles. The van der Waals surface area contributed by atoms with Gasteiger partial charge in [0.2, 0.25) is 0 Å². The molecule has 3 nitrogen and oxygen atoms in total. The van der Waals surface area contributed by atoms with Crippen molar-refractivity contribution >= 4 is 5.91 Å². The first kappa shape index (κ1) is 14.2. The van der Waals surface area contributed by atoms with Crippen molar-refractivity contribution in [2.75, 3.05) is 5.01 Å². The highest BCUT2D eigenvalue weighted by Gasteiger charge is 2.49. The SMILES string of the molecule is C=C1CCCCC12Cc1c(F)cccc1C(=O)N2n1cccc1. The number of halogens is 1. The quantitative estimate of drug-likeness (QED) is 0.735. The van der Waals surface area contributed by atoms with E-state index in [2.05, 4.69) is 6.58 Å². The Balaban J connectivity index is 1.94. The highest BCUT2D eigenvalue weighted by Crippen LogP contribution is 2.43. The molecule has 0 radical (unpaired) electrons. The zero-order valence-corrected chi connectivity index (χ0v) is 13.0. The summed E-state index contributed by atoms with van der Waals surface area (Å²) in [6, 6.07) is 8.56. The third kappa shape index (κ3) is 1.97. The lowest BCUT2D eigenvalue weighted by atomic mass is 9.71. The second kappa shape index (κ2) is 5.08. The molecule has 1 atom stereocenters. The average molecular weight is 310 g/mol. The van der Waals surface area contributed by atoms with Crippen LogP contribution in [0.4, 0.5) is 4.39 Å². The van der Waals surface area contributed by atoms with E-state index in [1.54, 1.807) is 17.1 Å². The van der Waals surface area contributed by atoms with Crippen LogP contribution in [0.25, 0.3) is 0 Å². The Morgan fingerprint density at radius 1 is 1.13 bits per heavy atom. The van der Waals surface area contributed by atoms with Gasteiger partial charge in [0.25, 0.3) is 5.91 Å². The van der Waals surface area contributed by atoms with Crippen LogP contribution >= 0.6 is 0 Å². The predicted octanol–water partition coefficient (Wildman–Crippen LogP) is 3.83. The van der Waals surface area contributed by atoms with E-state index in [4.69, 9.17) is 0 Å². The van der Waals surface area contributed by atoms with Crippen molar-refractivity contribution in [2.45, 2.75) is 37.6 Å². The third-order valence-electron chi connectivity index (χ3n) is 5.21. The Labute approximate surface area is 135 Å². The summed E-state index contributed by atoms with van der Waals surface area (Å²) in [5.74, 6) is -0.439. The van der Waals surface area contributed by atoms with Crippen molar-refractivity contribution in [1.29, 1.82) is 0 Å². The zero-order chi connectivity index (χ0) is 16.0. The molecular weight excluding hydrogens is 291 g/mol. The number of hydrogen-bond acceptors (Lipinski definition) is 1. The van der Waals surface area contributed by atoms with Crippen molar-refractivity contribution in [3.63, 3.8) is 0 Å². The second-order valence-electron chi connectivity index (χ2n) is 6.46. The van der Waals surface area contributed by atoms with E-state index in [1.165, 1.54) is 6.07 Å². The average Bonchev–Trinajstić information content (AvgIpc) is 3.06. The molecule has 1 aliphatic heterocycles. The molecule has 0 saturated heterocycles. The highest BCUT2D eigenvalue weighted by molar-refractivity contribution is 6.05. The van der Waals surface area contributed by atoms with Crippen LogP contribution in [-0.4, -0.2) is 16.1 Å². The molecule has 23 heavy (non-hydrogen) atoms. The standard InChI is InChI=1S/C19H19FN2O/c1-14-7-2-3-10-19(14)13-16-15(8-6-9-17(16)20)18(23)22(19)21-11-4-5-12-21/h4-6,8-9,11-12H,1-3,7,10,13H2. The van der Waals surface area contributed by atoms with Gasteiger partial charge in [-0.1, -0.05) is 19.1 Å². The number of rotatable bonds is 1. The van der Waals surface area contributed by atoms with Gasteiger partial charge in [-0.15, -0.1) is 0 Å². The fourth-order valence-corrected chi connectivity index (χ4v) is 4.03. The van der Waals surface area contributed by atoms with Gasteiger partial charge in [-0.2, -0.15) is 0 Å². The van der Waals surface area contributed by atoms with Gasteiger partial charge in [-0.05, 0) is 49.1 Å². The maximum Gasteiger partial charge on any atom is 0.273 e. The minimum Gasteiger partial charge on any atom is -0.267 e. The van der Waals surface area contributed by atoms with E-state index in [-0.39, 0.29) is 11.7 Å². The van der Waals surface area contributed by atoms with E-state index in [0.717, 1.165) is 31.3 Å². The Kier molecular flexibility index (Phi) is 3.15. The van der Waals surface area contributed by atoms with Crippen molar-refractivity contribution < 1.29 is 9.18 Å². The monoisotopic (exact) mass is 310 g/mol. The molecule has 2 aliphatic rings. The molecule has 4 rings (SSSR count). The molecule has 118 valence electrons. The van der Waals surface area contributed by atoms with Gasteiger partial charge >= 0.3 is 0 Å². The van der Waals surface area contributed by atoms with Crippen molar-refractivity contribution in [1.82, 2.24) is 4.68 Å². The summed E-state index contributed by atoms with van der Waals surface area (Å²) in [5, 5.41) is 1.79. The molecule has 2 heterocycles. The first-order valence-corrected chi connectivity index (χ1v) is 8.07. The fraction of sp³-hybridized carbons (Fsp3) is 0.316. The molecule has 1 spiro atoms. The zero-order valence-electron chi connectivity index (χ0n) is 13.0. The highest BCUT2D eigenvalue weighted by atomic mass is 19.1. The van der Waals surface area contributed by atoms with Crippen LogP contribution in [0.3, 0.4) is 0 Å². The van der Waals surface area contributed by atoms with Crippen LogP contribution in [-0.2, 0) is 6.42 Å². The van der Waals surface area contributed by atoms with Crippen LogP contribution in [0.5, 0.6) is 0 Å². The molecule has 4 heteroatoms. The van der Waals surface area contributed by atoms with Crippen molar-refractivity contribution in [2.24, 2.45) is 0 Å². The van der Waals surface area contributed by atoms with E-state index in [1.807, 2.05) is 29.2 Å². The van der Waals surface area contributed by atoms with E-state index in [0.29, 0.717) is 17.5 Å². The minimum atomic E-state index is -0.524. The summed E-state index contributed by atoms with van der Waals surface area (Å²) in [5.41, 5.74) is 1.50. The van der Waals surface area contributed by atoms with Gasteiger partial charge in [-0.3, -0.25) is 9.47 Å². The number of benzene rings is 1. The largest absolute Gasteiger partial charge is 0.273 e. The lowest BCUT2D eigenvalue weighted by molar-refractivity contribution is 0.0889. The second-order valence-corrected chi connectivity index (χ2v) is 6.46. The number of fused-ring (bicyclic) bond motifs is 1. The Morgan fingerprint density at radius 3 is 2.65 bits per heavy atom. The normalized spacial score (nSPS) is 24.1. The maximum atomic E-state index is 14.4. The Bertz CT molecular complexity index is 781. The molecule has 0 N–H and O–H groups in total. The molecule has 1 fully saturated rings. The summed E-state index contributed by atoms with van der Waals surface area (Å²) >= 11 is 0. The number of amides is 1. The Morgan fingerprint density at radius 2 is 1.91 bits per heavy atom. The van der Waals surface area contributed by atoms with Gasteiger partial charge in [-0.25, -0.2) is 9.40 Å². The maximum absolute atomic E-state index is 14.4. The van der Waals surface area contributed by atoms with Gasteiger partial charge in [0, 0.05) is 29.9 Å². The predicted molar refractivity (Wildman–Crippen MR) is 87.4 cm³/mol. The van der Waals surface area contributed by atoms with Crippen LogP contribution < -0.4 is 5.01 Å². The first-order valence-electron chi connectivity index (χ1n) is 8.07. The topological polar surface area (TPSA) is 25.2 Å². The smallest absolute Gasteiger partial charge is 0.267 e. The number of nitrogens with zero attached hydrogens (tertiary/aromatic N) is 2. The number of aromatic nitrogens is 1. The van der Waals surface area contributed by atoms with Crippen LogP contribution in [0.15, 0.2) is 54.9 Å². The van der Waals surface area contributed by atoms with Crippen LogP contribution in [0.2, 0.25) is 0 Å². The molecule has 1 aromatic carbocycles. The van der Waals surface area contributed by atoms with Gasteiger partial charge < -0.3 is 0 Å². The molecule has 2 aromatic rings. The van der Waals surface area contributed by atoms with E-state index < -0.39 is 5.54 Å². The summed E-state index contributed by atoms with van der Waals surface area (Å²) in [6.45, 7) is 4.26. The van der Waals surface area contributed by atoms with Crippen LogP contribution in [0.1, 0.15) is 41.6 Å². The van der Waals surface area contributed by atoms with E-state index in [9.17, 15) is 9.18 Å². The van der Waals surface area contributed by atoms with Crippen molar-refractivity contribution in [3.05, 3.63) is 71.8 Å². The summed E-state index contributed by atoms with van der Waals surface area (Å²) in [4.78, 5) is 13.2.